The van der Waals surface area contributed by atoms with E-state index >= 15 is 0 Å². The second kappa shape index (κ2) is 7.23. The molecule has 140 valence electrons. The van der Waals surface area contributed by atoms with Gasteiger partial charge < -0.3 is 9.47 Å². The minimum Gasteiger partial charge on any atom is -0.493 e. The number of methoxy groups -OCH3 is 2. The van der Waals surface area contributed by atoms with Gasteiger partial charge in [-0.15, -0.1) is 0 Å². The van der Waals surface area contributed by atoms with E-state index in [4.69, 9.17) is 9.47 Å². The summed E-state index contributed by atoms with van der Waals surface area (Å²) in [5, 5.41) is 0. The van der Waals surface area contributed by atoms with Crippen molar-refractivity contribution >= 4 is 6.29 Å². The van der Waals surface area contributed by atoms with Crippen molar-refractivity contribution in [2.45, 2.75) is 19.3 Å². The molecule has 0 aliphatic heterocycles. The van der Waals surface area contributed by atoms with Gasteiger partial charge in [0, 0.05) is 11.1 Å². The predicted octanol–water partition coefficient (Wildman–Crippen LogP) is 4.17. The fourth-order valence-corrected chi connectivity index (χ4v) is 3.12. The average molecular weight is 368 g/mol. The summed E-state index contributed by atoms with van der Waals surface area (Å²) >= 11 is 0. The van der Waals surface area contributed by atoms with Crippen LogP contribution >= 0.6 is 0 Å². The van der Waals surface area contributed by atoms with Crippen molar-refractivity contribution in [3.8, 4) is 17.2 Å². The summed E-state index contributed by atoms with van der Waals surface area (Å²) in [6.45, 7) is 4.06. The molecule has 3 aromatic rings. The Bertz CT molecular complexity index is 962. The molecule has 0 saturated carbocycles. The van der Waals surface area contributed by atoms with Crippen LogP contribution in [0.5, 0.6) is 11.5 Å². The number of imidazole rings is 1. The number of halogens is 1. The van der Waals surface area contributed by atoms with Crippen LogP contribution in [0.3, 0.4) is 0 Å². The highest BCUT2D eigenvalue weighted by Crippen LogP contribution is 2.38. The van der Waals surface area contributed by atoms with Crippen LogP contribution in [0.1, 0.15) is 35.7 Å². The molecule has 0 amide bonds. The molecule has 0 radical (unpaired) electrons. The van der Waals surface area contributed by atoms with Crippen molar-refractivity contribution in [3.63, 3.8) is 0 Å². The van der Waals surface area contributed by atoms with E-state index in [-0.39, 0.29) is 11.6 Å². The van der Waals surface area contributed by atoms with E-state index in [1.54, 1.807) is 37.1 Å². The number of aromatic nitrogens is 2. The average Bonchev–Trinajstić information content (AvgIpc) is 3.12. The number of benzene rings is 2. The molecule has 1 heterocycles. The lowest BCUT2D eigenvalue weighted by molar-refractivity contribution is 0.111. The molecule has 0 fully saturated rings. The van der Waals surface area contributed by atoms with E-state index in [1.807, 2.05) is 32.0 Å². The van der Waals surface area contributed by atoms with Crippen molar-refractivity contribution in [2.24, 2.45) is 0 Å². The summed E-state index contributed by atoms with van der Waals surface area (Å²) in [5.74, 6) is 1.17. The van der Waals surface area contributed by atoms with Crippen LogP contribution in [0.2, 0.25) is 0 Å². The van der Waals surface area contributed by atoms with Gasteiger partial charge in [0.2, 0.25) is 0 Å². The molecule has 2 aromatic carbocycles. The van der Waals surface area contributed by atoms with Gasteiger partial charge in [-0.25, -0.2) is 9.37 Å². The van der Waals surface area contributed by atoms with Crippen LogP contribution in [-0.4, -0.2) is 30.1 Å². The van der Waals surface area contributed by atoms with Gasteiger partial charge in [-0.1, -0.05) is 19.9 Å². The van der Waals surface area contributed by atoms with Crippen molar-refractivity contribution < 1.29 is 18.7 Å². The molecule has 0 N–H and O–H groups in total. The molecule has 6 heteroatoms. The van der Waals surface area contributed by atoms with E-state index in [0.29, 0.717) is 23.5 Å². The summed E-state index contributed by atoms with van der Waals surface area (Å²) in [5.41, 5.74) is 1.91. The first-order chi connectivity index (χ1) is 12.9. The molecule has 0 aliphatic rings. The zero-order chi connectivity index (χ0) is 19.6. The third kappa shape index (κ3) is 3.30. The maximum Gasteiger partial charge on any atom is 0.185 e. The van der Waals surface area contributed by atoms with Crippen LogP contribution in [0, 0.1) is 5.82 Å². The Labute approximate surface area is 157 Å². The Kier molecular flexibility index (Phi) is 4.99. The van der Waals surface area contributed by atoms with Gasteiger partial charge >= 0.3 is 0 Å². The molecule has 0 bridgehead atoms. The van der Waals surface area contributed by atoms with Gasteiger partial charge in [0.1, 0.15) is 5.82 Å². The summed E-state index contributed by atoms with van der Waals surface area (Å²) in [6.07, 6.45) is 2.36. The maximum absolute atomic E-state index is 13.3. The van der Waals surface area contributed by atoms with Crippen LogP contribution in [0.15, 0.2) is 48.7 Å². The third-order valence-electron chi connectivity index (χ3n) is 4.72. The lowest BCUT2D eigenvalue weighted by Crippen LogP contribution is -2.23. The van der Waals surface area contributed by atoms with Crippen molar-refractivity contribution in [2.75, 3.05) is 14.2 Å². The van der Waals surface area contributed by atoms with Gasteiger partial charge in [-0.3, -0.25) is 9.36 Å². The van der Waals surface area contributed by atoms with E-state index in [2.05, 4.69) is 4.98 Å². The van der Waals surface area contributed by atoms with E-state index in [0.717, 1.165) is 11.3 Å². The number of hydrogen-bond donors (Lipinski definition) is 0. The standard InChI is InChI=1S/C21H21FN2O3/c1-21(2,14-5-10-17(26-3)18(11-14)27-4)19-12-23-20(13-25)24(19)16-8-6-15(22)7-9-16/h5-13H,1-4H3. The van der Waals surface area contributed by atoms with E-state index in [9.17, 15) is 9.18 Å². The van der Waals surface area contributed by atoms with Crippen molar-refractivity contribution in [1.29, 1.82) is 0 Å². The lowest BCUT2D eigenvalue weighted by atomic mass is 9.81. The van der Waals surface area contributed by atoms with E-state index in [1.165, 1.54) is 12.1 Å². The fraction of sp³-hybridized carbons (Fsp3) is 0.238. The number of ether oxygens (including phenoxy) is 2. The molecule has 0 aliphatic carbocycles. The smallest absolute Gasteiger partial charge is 0.185 e. The number of carbonyl (C=O) groups is 1. The van der Waals surface area contributed by atoms with Gasteiger partial charge in [-0.05, 0) is 42.0 Å². The Balaban J connectivity index is 2.16. The fourth-order valence-electron chi connectivity index (χ4n) is 3.12. The number of rotatable bonds is 6. The zero-order valence-corrected chi connectivity index (χ0v) is 15.7. The summed E-state index contributed by atoms with van der Waals surface area (Å²) in [6, 6.07) is 11.7. The molecule has 3 rings (SSSR count). The second-order valence-corrected chi connectivity index (χ2v) is 6.63. The lowest BCUT2D eigenvalue weighted by Gasteiger charge is -2.28. The van der Waals surface area contributed by atoms with Gasteiger partial charge in [0.15, 0.2) is 23.6 Å². The molecule has 0 spiro atoms. The highest BCUT2D eigenvalue weighted by molar-refractivity contribution is 5.71. The van der Waals surface area contributed by atoms with E-state index < -0.39 is 5.41 Å². The normalized spacial score (nSPS) is 11.3. The largest absolute Gasteiger partial charge is 0.493 e. The predicted molar refractivity (Wildman–Crippen MR) is 101 cm³/mol. The Hall–Kier alpha value is -3.15. The quantitative estimate of drug-likeness (QED) is 0.613. The highest BCUT2D eigenvalue weighted by Gasteiger charge is 2.30. The van der Waals surface area contributed by atoms with Gasteiger partial charge in [-0.2, -0.15) is 0 Å². The summed E-state index contributed by atoms with van der Waals surface area (Å²) < 4.78 is 25.8. The highest BCUT2D eigenvalue weighted by atomic mass is 19.1. The number of carbonyl (C=O) groups excluding carboxylic acids is 1. The second-order valence-electron chi connectivity index (χ2n) is 6.63. The molecule has 0 unspecified atom stereocenters. The number of nitrogens with zero attached hydrogens (tertiary/aromatic N) is 2. The van der Waals surface area contributed by atoms with Crippen LogP contribution in [0.4, 0.5) is 4.39 Å². The SMILES string of the molecule is COc1ccc(C(C)(C)c2cnc(C=O)n2-c2ccc(F)cc2)cc1OC. The monoisotopic (exact) mass is 368 g/mol. The summed E-state index contributed by atoms with van der Waals surface area (Å²) in [7, 11) is 3.17. The number of aldehydes is 1. The van der Waals surface area contributed by atoms with Crippen molar-refractivity contribution in [1.82, 2.24) is 9.55 Å². The van der Waals surface area contributed by atoms with Crippen LogP contribution in [-0.2, 0) is 5.41 Å². The Morgan fingerprint density at radius 3 is 2.30 bits per heavy atom. The molecule has 5 nitrogen and oxygen atoms in total. The number of hydrogen-bond acceptors (Lipinski definition) is 4. The first-order valence-electron chi connectivity index (χ1n) is 8.44. The molecule has 27 heavy (non-hydrogen) atoms. The summed E-state index contributed by atoms with van der Waals surface area (Å²) in [4.78, 5) is 15.8. The van der Waals surface area contributed by atoms with Crippen molar-refractivity contribution in [3.05, 3.63) is 71.6 Å². The first kappa shape index (κ1) is 18.6. The van der Waals surface area contributed by atoms with Gasteiger partial charge in [0.05, 0.1) is 26.1 Å². The minimum absolute atomic E-state index is 0.255. The van der Waals surface area contributed by atoms with Crippen LogP contribution in [0.25, 0.3) is 5.69 Å². The van der Waals surface area contributed by atoms with Crippen LogP contribution < -0.4 is 9.47 Å². The molecule has 0 saturated heterocycles. The molecule has 0 atom stereocenters. The zero-order valence-electron chi connectivity index (χ0n) is 15.7. The Morgan fingerprint density at radius 1 is 1.04 bits per heavy atom. The van der Waals surface area contributed by atoms with Gasteiger partial charge in [0.25, 0.3) is 0 Å². The molecule has 1 aromatic heterocycles. The Morgan fingerprint density at radius 2 is 1.70 bits per heavy atom. The first-order valence-corrected chi connectivity index (χ1v) is 8.44. The minimum atomic E-state index is -0.512. The maximum atomic E-state index is 13.3. The molecular weight excluding hydrogens is 347 g/mol. The molecular formula is C21H21FN2O3. The third-order valence-corrected chi connectivity index (χ3v) is 4.72. The topological polar surface area (TPSA) is 53.3 Å².